The van der Waals surface area contributed by atoms with Gasteiger partial charge in [0, 0.05) is 55.4 Å². The predicted octanol–water partition coefficient (Wildman–Crippen LogP) is 2.58. The molecule has 0 radical (unpaired) electrons. The summed E-state index contributed by atoms with van der Waals surface area (Å²) < 4.78 is 15.1. The largest absolute Gasteiger partial charge is 0.349 e. The Balaban J connectivity index is 1.76. The van der Waals surface area contributed by atoms with Crippen molar-refractivity contribution < 1.29 is 9.18 Å². The van der Waals surface area contributed by atoms with Gasteiger partial charge < -0.3 is 14.8 Å². The standard InChI is InChI=1S/C20H22FN5O/c1-25(2)8-7-22-20(27)18-10-15(13-26(18)3)16-11-23-19(24-12-16)14-5-4-6-17(21)9-14/h4-6,9-13H,7-8H2,1-3H3,(H,22,27). The van der Waals surface area contributed by atoms with Gasteiger partial charge in [-0.2, -0.15) is 0 Å². The number of benzene rings is 1. The summed E-state index contributed by atoms with van der Waals surface area (Å²) in [5, 5.41) is 2.90. The molecule has 1 amide bonds. The molecule has 0 unspecified atom stereocenters. The monoisotopic (exact) mass is 367 g/mol. The molecule has 1 N–H and O–H groups in total. The second-order valence-corrected chi connectivity index (χ2v) is 6.59. The van der Waals surface area contributed by atoms with Gasteiger partial charge in [0.05, 0.1) is 0 Å². The first-order chi connectivity index (χ1) is 12.9. The SMILES string of the molecule is CN(C)CCNC(=O)c1cc(-c2cnc(-c3cccc(F)c3)nc2)cn1C. The molecule has 3 rings (SSSR count). The Morgan fingerprint density at radius 3 is 2.56 bits per heavy atom. The summed E-state index contributed by atoms with van der Waals surface area (Å²) in [7, 11) is 5.74. The van der Waals surface area contributed by atoms with Crippen LogP contribution in [0.1, 0.15) is 10.5 Å². The molecule has 3 aromatic rings. The molecule has 0 bridgehead atoms. The summed E-state index contributed by atoms with van der Waals surface area (Å²) in [5.74, 6) is 0.00638. The molecule has 27 heavy (non-hydrogen) atoms. The maximum absolute atomic E-state index is 13.4. The van der Waals surface area contributed by atoms with E-state index in [-0.39, 0.29) is 11.7 Å². The molecule has 0 fully saturated rings. The molecule has 7 heteroatoms. The molecule has 6 nitrogen and oxygen atoms in total. The van der Waals surface area contributed by atoms with Crippen LogP contribution in [0.25, 0.3) is 22.5 Å². The minimum absolute atomic E-state index is 0.122. The van der Waals surface area contributed by atoms with Crippen LogP contribution in [0.4, 0.5) is 4.39 Å². The van der Waals surface area contributed by atoms with Gasteiger partial charge in [-0.25, -0.2) is 14.4 Å². The third-order valence-corrected chi connectivity index (χ3v) is 4.15. The average Bonchev–Trinajstić information content (AvgIpc) is 3.03. The third kappa shape index (κ3) is 4.57. The highest BCUT2D eigenvalue weighted by Crippen LogP contribution is 2.22. The van der Waals surface area contributed by atoms with Crippen LogP contribution in [0.2, 0.25) is 0 Å². The summed E-state index contributed by atoms with van der Waals surface area (Å²) in [5.41, 5.74) is 2.83. The van der Waals surface area contributed by atoms with E-state index in [0.717, 1.165) is 17.7 Å². The molecule has 0 saturated carbocycles. The van der Waals surface area contributed by atoms with Crippen LogP contribution >= 0.6 is 0 Å². The summed E-state index contributed by atoms with van der Waals surface area (Å²) in [6, 6.07) is 7.98. The molecule has 2 aromatic heterocycles. The van der Waals surface area contributed by atoms with E-state index in [2.05, 4.69) is 15.3 Å². The Bertz CT molecular complexity index is 934. The molecule has 140 valence electrons. The van der Waals surface area contributed by atoms with Crippen LogP contribution in [0, 0.1) is 5.82 Å². The number of hydrogen-bond donors (Lipinski definition) is 1. The lowest BCUT2D eigenvalue weighted by Crippen LogP contribution is -2.32. The van der Waals surface area contributed by atoms with Crippen LogP contribution < -0.4 is 5.32 Å². The quantitative estimate of drug-likeness (QED) is 0.727. The number of amides is 1. The fourth-order valence-electron chi connectivity index (χ4n) is 2.69. The first-order valence-corrected chi connectivity index (χ1v) is 8.61. The molecule has 0 aliphatic heterocycles. The smallest absolute Gasteiger partial charge is 0.267 e. The second-order valence-electron chi connectivity index (χ2n) is 6.59. The van der Waals surface area contributed by atoms with Crippen molar-refractivity contribution in [3.63, 3.8) is 0 Å². The molecule has 2 heterocycles. The topological polar surface area (TPSA) is 63.1 Å². The minimum atomic E-state index is -0.326. The van der Waals surface area contributed by atoms with Crippen molar-refractivity contribution in [2.45, 2.75) is 0 Å². The molecule has 0 saturated heterocycles. The Morgan fingerprint density at radius 2 is 1.89 bits per heavy atom. The van der Waals surface area contributed by atoms with Crippen LogP contribution in [0.15, 0.2) is 48.9 Å². The van der Waals surface area contributed by atoms with Crippen LogP contribution in [-0.2, 0) is 7.05 Å². The lowest BCUT2D eigenvalue weighted by molar-refractivity contribution is 0.0943. The summed E-state index contributed by atoms with van der Waals surface area (Å²) >= 11 is 0. The Hall–Kier alpha value is -3.06. The average molecular weight is 367 g/mol. The lowest BCUT2D eigenvalue weighted by Gasteiger charge is -2.10. The number of likely N-dealkylation sites (N-methyl/N-ethyl adjacent to an activating group) is 1. The molecular formula is C20H22FN5O. The van der Waals surface area contributed by atoms with E-state index < -0.39 is 0 Å². The maximum atomic E-state index is 13.4. The number of nitrogens with zero attached hydrogens (tertiary/aromatic N) is 4. The van der Waals surface area contributed by atoms with E-state index >= 15 is 0 Å². The van der Waals surface area contributed by atoms with Gasteiger partial charge in [0.25, 0.3) is 5.91 Å². The molecular weight excluding hydrogens is 345 g/mol. The number of hydrogen-bond acceptors (Lipinski definition) is 4. The fourth-order valence-corrected chi connectivity index (χ4v) is 2.69. The van der Waals surface area contributed by atoms with Crippen LogP contribution in [-0.4, -0.2) is 52.5 Å². The van der Waals surface area contributed by atoms with Gasteiger partial charge in [0.2, 0.25) is 0 Å². The van der Waals surface area contributed by atoms with Gasteiger partial charge >= 0.3 is 0 Å². The fraction of sp³-hybridized carbons (Fsp3) is 0.250. The normalized spacial score (nSPS) is 11.0. The first-order valence-electron chi connectivity index (χ1n) is 8.61. The summed E-state index contributed by atoms with van der Waals surface area (Å²) in [6.45, 7) is 1.36. The Labute approximate surface area is 157 Å². The number of carbonyl (C=O) groups is 1. The van der Waals surface area contributed by atoms with E-state index in [4.69, 9.17) is 0 Å². The first kappa shape index (κ1) is 18.7. The number of rotatable bonds is 6. The maximum Gasteiger partial charge on any atom is 0.267 e. The lowest BCUT2D eigenvalue weighted by atomic mass is 10.1. The Kier molecular flexibility index (Phi) is 5.61. The number of aryl methyl sites for hydroxylation is 1. The zero-order valence-corrected chi connectivity index (χ0v) is 15.6. The highest BCUT2D eigenvalue weighted by Gasteiger charge is 2.13. The molecule has 0 atom stereocenters. The van der Waals surface area contributed by atoms with Crippen LogP contribution in [0.3, 0.4) is 0 Å². The second kappa shape index (κ2) is 8.09. The third-order valence-electron chi connectivity index (χ3n) is 4.15. The number of carbonyl (C=O) groups excluding carboxylic acids is 1. The van der Waals surface area contributed by atoms with Crippen molar-refractivity contribution in [2.75, 3.05) is 27.2 Å². The molecule has 0 aliphatic rings. The Morgan fingerprint density at radius 1 is 1.15 bits per heavy atom. The number of nitrogens with one attached hydrogen (secondary N) is 1. The van der Waals surface area contributed by atoms with Crippen molar-refractivity contribution in [1.82, 2.24) is 24.8 Å². The number of aromatic nitrogens is 3. The van der Waals surface area contributed by atoms with E-state index in [1.807, 2.05) is 38.3 Å². The molecule has 0 aliphatic carbocycles. The highest BCUT2D eigenvalue weighted by atomic mass is 19.1. The summed E-state index contributed by atoms with van der Waals surface area (Å²) in [6.07, 6.45) is 5.22. The van der Waals surface area contributed by atoms with E-state index in [0.29, 0.717) is 23.6 Å². The van der Waals surface area contributed by atoms with Gasteiger partial charge in [0.1, 0.15) is 11.5 Å². The highest BCUT2D eigenvalue weighted by molar-refractivity contribution is 5.94. The van der Waals surface area contributed by atoms with Gasteiger partial charge in [-0.05, 0) is 32.3 Å². The molecule has 1 aromatic carbocycles. The predicted molar refractivity (Wildman–Crippen MR) is 103 cm³/mol. The van der Waals surface area contributed by atoms with Crippen LogP contribution in [0.5, 0.6) is 0 Å². The van der Waals surface area contributed by atoms with Gasteiger partial charge in [0.15, 0.2) is 5.82 Å². The minimum Gasteiger partial charge on any atom is -0.349 e. The van der Waals surface area contributed by atoms with Gasteiger partial charge in [-0.15, -0.1) is 0 Å². The van der Waals surface area contributed by atoms with Crippen molar-refractivity contribution in [2.24, 2.45) is 7.05 Å². The number of halogens is 1. The van der Waals surface area contributed by atoms with Crippen molar-refractivity contribution in [3.05, 3.63) is 60.4 Å². The zero-order chi connectivity index (χ0) is 19.4. The van der Waals surface area contributed by atoms with Gasteiger partial charge in [-0.3, -0.25) is 4.79 Å². The van der Waals surface area contributed by atoms with E-state index in [1.54, 1.807) is 29.1 Å². The summed E-state index contributed by atoms with van der Waals surface area (Å²) in [4.78, 5) is 23.0. The van der Waals surface area contributed by atoms with Crippen molar-refractivity contribution >= 4 is 5.91 Å². The van der Waals surface area contributed by atoms with Gasteiger partial charge in [-0.1, -0.05) is 12.1 Å². The molecule has 0 spiro atoms. The van der Waals surface area contributed by atoms with Crippen molar-refractivity contribution in [1.29, 1.82) is 0 Å². The van der Waals surface area contributed by atoms with E-state index in [9.17, 15) is 9.18 Å². The zero-order valence-electron chi connectivity index (χ0n) is 15.6. The van der Waals surface area contributed by atoms with E-state index in [1.165, 1.54) is 12.1 Å². The van der Waals surface area contributed by atoms with Crippen molar-refractivity contribution in [3.8, 4) is 22.5 Å².